The summed E-state index contributed by atoms with van der Waals surface area (Å²) in [5.74, 6) is 0.255. The van der Waals surface area contributed by atoms with Crippen LogP contribution in [0.4, 0.5) is 19.7 Å². The molecule has 4 fully saturated rings. The van der Waals surface area contributed by atoms with Crippen LogP contribution in [0.3, 0.4) is 0 Å². The topological polar surface area (TPSA) is 62.3 Å². The Hall–Kier alpha value is -2.35. The Labute approximate surface area is 188 Å². The SMILES string of the molecule is COC(=O)N1CC2(CCN(C3CC4CCC(C3)N(C(=O)OC)C4)CC2)c2cc(F)ccc21. The highest BCUT2D eigenvalue weighted by Gasteiger charge is 2.48. The molecule has 0 radical (unpaired) electrons. The number of rotatable bonds is 1. The number of hydrogen-bond acceptors (Lipinski definition) is 5. The zero-order chi connectivity index (χ0) is 22.5. The van der Waals surface area contributed by atoms with Crippen molar-refractivity contribution in [2.45, 2.75) is 56.0 Å². The van der Waals surface area contributed by atoms with Crippen LogP contribution in [-0.4, -0.2) is 74.5 Å². The summed E-state index contributed by atoms with van der Waals surface area (Å²) in [6.07, 6.45) is 5.48. The average molecular weight is 446 g/mol. The van der Waals surface area contributed by atoms with E-state index in [1.807, 2.05) is 4.90 Å². The molecule has 7 nitrogen and oxygen atoms in total. The number of anilines is 1. The Morgan fingerprint density at radius 3 is 2.50 bits per heavy atom. The van der Waals surface area contributed by atoms with Gasteiger partial charge in [-0.05, 0) is 81.3 Å². The Bertz CT molecular complexity index is 901. The molecule has 5 aliphatic rings. The number of hydrogen-bond donors (Lipinski definition) is 0. The van der Waals surface area contributed by atoms with Crippen LogP contribution in [-0.2, 0) is 14.9 Å². The molecule has 32 heavy (non-hydrogen) atoms. The quantitative estimate of drug-likeness (QED) is 0.659. The molecular formula is C24H32FN3O4. The van der Waals surface area contributed by atoms with E-state index < -0.39 is 0 Å². The van der Waals surface area contributed by atoms with Crippen LogP contribution in [0.1, 0.15) is 44.1 Å². The first-order valence-electron chi connectivity index (χ1n) is 11.7. The molecule has 4 heterocycles. The van der Waals surface area contributed by atoms with Gasteiger partial charge >= 0.3 is 12.2 Å². The number of fused-ring (bicyclic) bond motifs is 6. The summed E-state index contributed by atoms with van der Waals surface area (Å²) in [6, 6.07) is 5.42. The molecule has 6 rings (SSSR count). The first-order valence-corrected chi connectivity index (χ1v) is 11.7. The van der Waals surface area contributed by atoms with Gasteiger partial charge in [0.15, 0.2) is 0 Å². The van der Waals surface area contributed by atoms with Gasteiger partial charge in [0.2, 0.25) is 0 Å². The first kappa shape index (κ1) is 21.5. The second-order valence-electron chi connectivity index (χ2n) is 9.88. The zero-order valence-corrected chi connectivity index (χ0v) is 18.9. The van der Waals surface area contributed by atoms with Crippen molar-refractivity contribution < 1.29 is 23.5 Å². The van der Waals surface area contributed by atoms with E-state index in [2.05, 4.69) is 4.90 Å². The van der Waals surface area contributed by atoms with Gasteiger partial charge in [0.25, 0.3) is 0 Å². The predicted octanol–water partition coefficient (Wildman–Crippen LogP) is 3.76. The van der Waals surface area contributed by atoms with E-state index >= 15 is 0 Å². The van der Waals surface area contributed by atoms with Crippen molar-refractivity contribution in [2.24, 2.45) is 5.92 Å². The van der Waals surface area contributed by atoms with Crippen molar-refractivity contribution >= 4 is 17.9 Å². The average Bonchev–Trinajstić information content (AvgIpc) is 2.96. The number of nitrogens with zero attached hydrogens (tertiary/aromatic N) is 3. The van der Waals surface area contributed by atoms with Crippen molar-refractivity contribution in [3.05, 3.63) is 29.6 Å². The van der Waals surface area contributed by atoms with Gasteiger partial charge in [-0.2, -0.15) is 0 Å². The molecule has 8 heteroatoms. The highest BCUT2D eigenvalue weighted by atomic mass is 19.1. The van der Waals surface area contributed by atoms with E-state index in [0.29, 0.717) is 18.5 Å². The Kier molecular flexibility index (Phi) is 5.51. The number of piperidine rings is 2. The second kappa shape index (κ2) is 8.21. The third-order valence-electron chi connectivity index (χ3n) is 8.31. The second-order valence-corrected chi connectivity index (χ2v) is 9.88. The van der Waals surface area contributed by atoms with Crippen LogP contribution in [0.25, 0.3) is 0 Å². The van der Waals surface area contributed by atoms with Gasteiger partial charge in [-0.3, -0.25) is 4.90 Å². The molecule has 174 valence electrons. The lowest BCUT2D eigenvalue weighted by Crippen LogP contribution is -2.50. The lowest BCUT2D eigenvalue weighted by atomic mass is 9.74. The summed E-state index contributed by atoms with van der Waals surface area (Å²) in [4.78, 5) is 30.8. The maximum absolute atomic E-state index is 14.2. The van der Waals surface area contributed by atoms with E-state index in [0.717, 1.165) is 63.0 Å². The van der Waals surface area contributed by atoms with Crippen LogP contribution in [0, 0.1) is 11.7 Å². The normalized spacial score (nSPS) is 29.0. The minimum atomic E-state index is -0.389. The standard InChI is InChI=1S/C24H32FN3O4/c1-31-22(29)27-14-16-3-5-18(27)13-19(11-16)26-9-7-24(8-10-26)15-28(23(30)32-2)21-6-4-17(25)12-20(21)24/h4,6,12,16,18-19H,3,5,7-11,13-15H2,1-2H3. The zero-order valence-electron chi connectivity index (χ0n) is 18.9. The highest BCUT2D eigenvalue weighted by Crippen LogP contribution is 2.48. The fourth-order valence-corrected chi connectivity index (χ4v) is 6.63. The molecule has 1 aromatic rings. The number of carbonyl (C=O) groups excluding carboxylic acids is 2. The van der Waals surface area contributed by atoms with E-state index in [-0.39, 0.29) is 29.5 Å². The highest BCUT2D eigenvalue weighted by molar-refractivity contribution is 5.91. The summed E-state index contributed by atoms with van der Waals surface area (Å²) in [7, 11) is 2.85. The van der Waals surface area contributed by atoms with Gasteiger partial charge in [0.05, 0.1) is 19.9 Å². The molecule has 1 aromatic carbocycles. The third kappa shape index (κ3) is 3.52. The van der Waals surface area contributed by atoms with Gasteiger partial charge < -0.3 is 19.3 Å². The lowest BCUT2D eigenvalue weighted by Gasteiger charge is -2.43. The minimum absolute atomic E-state index is 0.203. The van der Waals surface area contributed by atoms with E-state index in [1.54, 1.807) is 17.0 Å². The molecule has 1 spiro atoms. The van der Waals surface area contributed by atoms with Gasteiger partial charge in [-0.25, -0.2) is 14.0 Å². The Morgan fingerprint density at radius 2 is 1.78 bits per heavy atom. The van der Waals surface area contributed by atoms with Crippen molar-refractivity contribution in [1.29, 1.82) is 0 Å². The fraction of sp³-hybridized carbons (Fsp3) is 0.667. The van der Waals surface area contributed by atoms with E-state index in [1.165, 1.54) is 26.7 Å². The van der Waals surface area contributed by atoms with Crippen molar-refractivity contribution in [2.75, 3.05) is 45.3 Å². The maximum Gasteiger partial charge on any atom is 0.414 e. The van der Waals surface area contributed by atoms with Crippen LogP contribution in [0.5, 0.6) is 0 Å². The molecule has 0 N–H and O–H groups in total. The van der Waals surface area contributed by atoms with Gasteiger partial charge in [-0.15, -0.1) is 0 Å². The monoisotopic (exact) mass is 445 g/mol. The summed E-state index contributed by atoms with van der Waals surface area (Å²) in [6.45, 7) is 3.16. The number of amides is 2. The predicted molar refractivity (Wildman–Crippen MR) is 117 cm³/mol. The van der Waals surface area contributed by atoms with Gasteiger partial charge in [-0.1, -0.05) is 0 Å². The molecule has 1 saturated carbocycles. The third-order valence-corrected chi connectivity index (χ3v) is 8.31. The van der Waals surface area contributed by atoms with Crippen LogP contribution in [0.15, 0.2) is 18.2 Å². The number of carbonyl (C=O) groups is 2. The molecule has 4 aliphatic heterocycles. The smallest absolute Gasteiger partial charge is 0.414 e. The number of methoxy groups -OCH3 is 2. The molecule has 2 bridgehead atoms. The first-order chi connectivity index (χ1) is 15.4. The summed E-state index contributed by atoms with van der Waals surface area (Å²) in [5, 5.41) is 0. The van der Waals surface area contributed by atoms with Crippen LogP contribution in [0.2, 0.25) is 0 Å². The van der Waals surface area contributed by atoms with Crippen molar-refractivity contribution in [3.63, 3.8) is 0 Å². The Morgan fingerprint density at radius 1 is 1.03 bits per heavy atom. The largest absolute Gasteiger partial charge is 0.453 e. The van der Waals surface area contributed by atoms with Crippen LogP contribution < -0.4 is 4.90 Å². The van der Waals surface area contributed by atoms with Gasteiger partial charge in [0.1, 0.15) is 5.82 Å². The molecule has 3 unspecified atom stereocenters. The molecule has 3 saturated heterocycles. The van der Waals surface area contributed by atoms with E-state index in [9.17, 15) is 14.0 Å². The summed E-state index contributed by atoms with van der Waals surface area (Å²) >= 11 is 0. The minimum Gasteiger partial charge on any atom is -0.453 e. The number of halogens is 1. The number of benzene rings is 1. The fourth-order valence-electron chi connectivity index (χ4n) is 6.63. The Balaban J connectivity index is 1.32. The molecule has 0 aromatic heterocycles. The van der Waals surface area contributed by atoms with Crippen LogP contribution >= 0.6 is 0 Å². The van der Waals surface area contributed by atoms with Crippen molar-refractivity contribution in [3.8, 4) is 0 Å². The lowest BCUT2D eigenvalue weighted by molar-refractivity contribution is 0.0768. The van der Waals surface area contributed by atoms with Gasteiger partial charge in [0, 0.05) is 30.6 Å². The van der Waals surface area contributed by atoms with E-state index in [4.69, 9.17) is 9.47 Å². The molecule has 1 aliphatic carbocycles. The number of ether oxygens (including phenoxy) is 2. The molecule has 3 atom stereocenters. The maximum atomic E-state index is 14.2. The summed E-state index contributed by atoms with van der Waals surface area (Å²) in [5.41, 5.74) is 1.47. The van der Waals surface area contributed by atoms with Crippen molar-refractivity contribution in [1.82, 2.24) is 9.80 Å². The molecule has 2 amide bonds. The summed E-state index contributed by atoms with van der Waals surface area (Å²) < 4.78 is 24.2. The number of likely N-dealkylation sites (tertiary alicyclic amines) is 1. The molecular weight excluding hydrogens is 413 g/mol.